The summed E-state index contributed by atoms with van der Waals surface area (Å²) in [4.78, 5) is 25.8. The van der Waals surface area contributed by atoms with Crippen molar-refractivity contribution in [1.29, 1.82) is 0 Å². The fourth-order valence-corrected chi connectivity index (χ4v) is 1.15. The van der Waals surface area contributed by atoms with Gasteiger partial charge in [-0.25, -0.2) is 4.98 Å². The van der Waals surface area contributed by atoms with Crippen LogP contribution in [-0.2, 0) is 4.79 Å². The van der Waals surface area contributed by atoms with E-state index < -0.39 is 17.9 Å². The molecule has 0 saturated heterocycles. The number of aliphatic carboxylic acids is 1. The van der Waals surface area contributed by atoms with Gasteiger partial charge in [-0.2, -0.15) is 0 Å². The fourth-order valence-electron chi connectivity index (χ4n) is 1.15. The first-order valence-electron chi connectivity index (χ1n) is 4.73. The summed E-state index contributed by atoms with van der Waals surface area (Å²) in [7, 11) is 0. The highest BCUT2D eigenvalue weighted by atomic mass is 16.4. The number of amides is 1. The minimum absolute atomic E-state index is 0.124. The Balaban J connectivity index is 2.58. The molecular weight excluding hydrogens is 210 g/mol. The van der Waals surface area contributed by atoms with Gasteiger partial charge >= 0.3 is 5.97 Å². The predicted octanol–water partition coefficient (Wildman–Crippen LogP) is 0.257. The van der Waals surface area contributed by atoms with E-state index in [1.165, 1.54) is 12.3 Å². The van der Waals surface area contributed by atoms with Crippen molar-refractivity contribution in [2.24, 2.45) is 0 Å². The zero-order valence-electron chi connectivity index (χ0n) is 8.80. The number of carbonyl (C=O) groups is 2. The Kier molecular flexibility index (Phi) is 3.82. The van der Waals surface area contributed by atoms with Crippen molar-refractivity contribution in [2.45, 2.75) is 19.4 Å². The minimum atomic E-state index is -0.960. The van der Waals surface area contributed by atoms with Crippen LogP contribution in [0.4, 0.5) is 5.69 Å². The molecule has 0 aromatic carbocycles. The summed E-state index contributed by atoms with van der Waals surface area (Å²) >= 11 is 0. The van der Waals surface area contributed by atoms with Crippen molar-refractivity contribution >= 4 is 17.6 Å². The van der Waals surface area contributed by atoms with Crippen molar-refractivity contribution in [3.8, 4) is 0 Å². The molecule has 1 aromatic rings. The summed E-state index contributed by atoms with van der Waals surface area (Å²) < 4.78 is 0. The van der Waals surface area contributed by atoms with Crippen LogP contribution in [0.25, 0.3) is 0 Å². The second-order valence-electron chi connectivity index (χ2n) is 3.45. The van der Waals surface area contributed by atoms with E-state index in [1.54, 1.807) is 13.0 Å². The Morgan fingerprint density at radius 2 is 2.25 bits per heavy atom. The van der Waals surface area contributed by atoms with Gasteiger partial charge in [0, 0.05) is 6.04 Å². The molecule has 1 atom stereocenters. The largest absolute Gasteiger partial charge is 0.481 e. The van der Waals surface area contributed by atoms with E-state index in [4.69, 9.17) is 10.8 Å². The van der Waals surface area contributed by atoms with Gasteiger partial charge in [-0.1, -0.05) is 0 Å². The molecule has 4 N–H and O–H groups in total. The molecular formula is C10H13N3O3. The Hall–Kier alpha value is -2.11. The summed E-state index contributed by atoms with van der Waals surface area (Å²) in [5, 5.41) is 11.0. The fraction of sp³-hybridized carbons (Fsp3) is 0.300. The van der Waals surface area contributed by atoms with E-state index in [0.29, 0.717) is 5.69 Å². The van der Waals surface area contributed by atoms with E-state index in [9.17, 15) is 9.59 Å². The number of nitrogens with zero attached hydrogens (tertiary/aromatic N) is 1. The highest BCUT2D eigenvalue weighted by Gasteiger charge is 2.13. The number of anilines is 1. The second kappa shape index (κ2) is 5.11. The molecule has 0 saturated carbocycles. The van der Waals surface area contributed by atoms with Gasteiger partial charge in [-0.3, -0.25) is 9.59 Å². The Morgan fingerprint density at radius 1 is 1.56 bits per heavy atom. The third kappa shape index (κ3) is 3.56. The quantitative estimate of drug-likeness (QED) is 0.678. The van der Waals surface area contributed by atoms with Gasteiger partial charge in [-0.15, -0.1) is 0 Å². The van der Waals surface area contributed by atoms with Crippen LogP contribution in [-0.4, -0.2) is 28.0 Å². The van der Waals surface area contributed by atoms with Gasteiger partial charge in [0.25, 0.3) is 5.91 Å². The van der Waals surface area contributed by atoms with E-state index in [-0.39, 0.29) is 12.1 Å². The number of hydrogen-bond donors (Lipinski definition) is 3. The molecule has 0 spiro atoms. The first-order chi connectivity index (χ1) is 7.49. The topological polar surface area (TPSA) is 105 Å². The number of nitrogen functional groups attached to an aromatic ring is 1. The lowest BCUT2D eigenvalue weighted by Gasteiger charge is -2.10. The molecule has 0 aliphatic carbocycles. The smallest absolute Gasteiger partial charge is 0.305 e. The first kappa shape index (κ1) is 12.0. The minimum Gasteiger partial charge on any atom is -0.481 e. The Bertz CT molecular complexity index is 389. The summed E-state index contributed by atoms with van der Waals surface area (Å²) in [5.74, 6) is -1.37. The number of nitrogens with one attached hydrogen (secondary N) is 1. The van der Waals surface area contributed by atoms with Crippen LogP contribution in [0.5, 0.6) is 0 Å². The monoisotopic (exact) mass is 223 g/mol. The molecule has 1 aromatic heterocycles. The molecule has 1 heterocycles. The molecule has 0 fully saturated rings. The molecule has 0 aliphatic heterocycles. The van der Waals surface area contributed by atoms with E-state index in [0.717, 1.165) is 0 Å². The molecule has 16 heavy (non-hydrogen) atoms. The number of aromatic nitrogens is 1. The summed E-state index contributed by atoms with van der Waals surface area (Å²) in [6, 6.07) is 2.60. The number of rotatable bonds is 4. The summed E-state index contributed by atoms with van der Waals surface area (Å²) in [6.07, 6.45) is 1.25. The van der Waals surface area contributed by atoms with E-state index in [2.05, 4.69) is 10.3 Å². The van der Waals surface area contributed by atoms with Gasteiger partial charge < -0.3 is 16.2 Å². The lowest BCUT2D eigenvalue weighted by molar-refractivity contribution is -0.137. The lowest BCUT2D eigenvalue weighted by atomic mass is 10.2. The zero-order valence-corrected chi connectivity index (χ0v) is 8.80. The molecule has 1 amide bonds. The number of carboxylic acid groups (broad SMARTS) is 1. The molecule has 6 nitrogen and oxygen atoms in total. The maximum Gasteiger partial charge on any atom is 0.305 e. The van der Waals surface area contributed by atoms with Crippen LogP contribution in [0.3, 0.4) is 0 Å². The third-order valence-corrected chi connectivity index (χ3v) is 1.88. The molecule has 1 rings (SSSR count). The molecule has 1 unspecified atom stereocenters. The highest BCUT2D eigenvalue weighted by Crippen LogP contribution is 2.01. The van der Waals surface area contributed by atoms with Crippen molar-refractivity contribution in [2.75, 3.05) is 5.73 Å². The molecule has 0 aliphatic rings. The van der Waals surface area contributed by atoms with Crippen LogP contribution in [0.15, 0.2) is 18.3 Å². The Morgan fingerprint density at radius 3 is 2.75 bits per heavy atom. The van der Waals surface area contributed by atoms with Gasteiger partial charge in [0.1, 0.15) is 5.69 Å². The van der Waals surface area contributed by atoms with Crippen molar-refractivity contribution < 1.29 is 14.7 Å². The SMILES string of the molecule is CC(CC(=O)O)NC(=O)c1ccc(N)cn1. The van der Waals surface area contributed by atoms with Crippen LogP contribution in [0.1, 0.15) is 23.8 Å². The maximum absolute atomic E-state index is 11.5. The lowest BCUT2D eigenvalue weighted by Crippen LogP contribution is -2.34. The van der Waals surface area contributed by atoms with Gasteiger partial charge in [0.15, 0.2) is 0 Å². The van der Waals surface area contributed by atoms with Gasteiger partial charge in [0.05, 0.1) is 18.3 Å². The first-order valence-corrected chi connectivity index (χ1v) is 4.73. The van der Waals surface area contributed by atoms with Gasteiger partial charge in [0.2, 0.25) is 0 Å². The number of carboxylic acids is 1. The van der Waals surface area contributed by atoms with Crippen LogP contribution >= 0.6 is 0 Å². The number of hydrogen-bond acceptors (Lipinski definition) is 4. The molecule has 6 heteroatoms. The average molecular weight is 223 g/mol. The molecule has 0 radical (unpaired) electrons. The zero-order chi connectivity index (χ0) is 12.1. The number of pyridine rings is 1. The Labute approximate surface area is 92.5 Å². The summed E-state index contributed by atoms with van der Waals surface area (Å²) in [6.45, 7) is 1.61. The van der Waals surface area contributed by atoms with Gasteiger partial charge in [-0.05, 0) is 19.1 Å². The van der Waals surface area contributed by atoms with Crippen LogP contribution < -0.4 is 11.1 Å². The van der Waals surface area contributed by atoms with Crippen molar-refractivity contribution in [3.63, 3.8) is 0 Å². The third-order valence-electron chi connectivity index (χ3n) is 1.88. The summed E-state index contributed by atoms with van der Waals surface area (Å²) in [5.41, 5.74) is 6.10. The maximum atomic E-state index is 11.5. The van der Waals surface area contributed by atoms with Crippen LogP contribution in [0, 0.1) is 0 Å². The van der Waals surface area contributed by atoms with E-state index in [1.807, 2.05) is 0 Å². The standard InChI is InChI=1S/C10H13N3O3/c1-6(4-9(14)15)13-10(16)8-3-2-7(11)5-12-8/h2-3,5-6H,4,11H2,1H3,(H,13,16)(H,14,15). The normalized spacial score (nSPS) is 11.8. The average Bonchev–Trinajstić information content (AvgIpc) is 2.16. The number of carbonyl (C=O) groups excluding carboxylic acids is 1. The molecule has 0 bridgehead atoms. The van der Waals surface area contributed by atoms with Crippen molar-refractivity contribution in [1.82, 2.24) is 10.3 Å². The highest BCUT2D eigenvalue weighted by molar-refractivity contribution is 5.92. The predicted molar refractivity (Wildman–Crippen MR) is 57.8 cm³/mol. The van der Waals surface area contributed by atoms with E-state index >= 15 is 0 Å². The second-order valence-corrected chi connectivity index (χ2v) is 3.45. The molecule has 86 valence electrons. The van der Waals surface area contributed by atoms with Crippen LogP contribution in [0.2, 0.25) is 0 Å². The van der Waals surface area contributed by atoms with Crippen molar-refractivity contribution in [3.05, 3.63) is 24.0 Å². The number of nitrogens with two attached hydrogens (primary N) is 1.